The van der Waals surface area contributed by atoms with Gasteiger partial charge in [-0.05, 0) is 38.1 Å². The Morgan fingerprint density at radius 2 is 2.00 bits per heavy atom. The molecule has 0 amide bonds. The van der Waals surface area contributed by atoms with E-state index in [1.807, 2.05) is 36.1 Å². The van der Waals surface area contributed by atoms with E-state index in [1.165, 1.54) is 18.5 Å². The number of aryl methyl sites for hydroxylation is 1. The van der Waals surface area contributed by atoms with Crippen LogP contribution in [0.1, 0.15) is 30.0 Å². The van der Waals surface area contributed by atoms with Gasteiger partial charge < -0.3 is 4.74 Å². The van der Waals surface area contributed by atoms with Crippen molar-refractivity contribution in [3.05, 3.63) is 53.9 Å². The number of nitrogens with zero attached hydrogens (tertiary/aromatic N) is 3. The van der Waals surface area contributed by atoms with Crippen LogP contribution in [-0.4, -0.2) is 41.4 Å². The second-order valence-corrected chi connectivity index (χ2v) is 6.10. The molecule has 4 heteroatoms. The van der Waals surface area contributed by atoms with Gasteiger partial charge in [-0.2, -0.15) is 5.10 Å². The van der Waals surface area contributed by atoms with Crippen LogP contribution in [-0.2, 0) is 7.05 Å². The van der Waals surface area contributed by atoms with E-state index >= 15 is 0 Å². The van der Waals surface area contributed by atoms with Crippen molar-refractivity contribution in [2.75, 3.05) is 26.7 Å². The molecule has 0 radical (unpaired) electrons. The van der Waals surface area contributed by atoms with Crippen molar-refractivity contribution < 1.29 is 4.74 Å². The normalized spacial score (nSPS) is 17.0. The number of piperidine rings is 1. The first-order valence-corrected chi connectivity index (χ1v) is 8.27. The Balaban J connectivity index is 1.51. The highest BCUT2D eigenvalue weighted by Gasteiger charge is 2.21. The maximum Gasteiger partial charge on any atom is 0.126 e. The summed E-state index contributed by atoms with van der Waals surface area (Å²) in [5.41, 5.74) is 2.51. The SMILES string of the molecule is COc1ccccc1/C=C/CN1CCC(c2ccnn2C)CC1. The van der Waals surface area contributed by atoms with Crippen molar-refractivity contribution in [3.63, 3.8) is 0 Å². The fraction of sp³-hybridized carbons (Fsp3) is 0.421. The Morgan fingerprint density at radius 3 is 2.70 bits per heavy atom. The molecular formula is C19H25N3O. The fourth-order valence-electron chi connectivity index (χ4n) is 3.33. The minimum Gasteiger partial charge on any atom is -0.496 e. The summed E-state index contributed by atoms with van der Waals surface area (Å²) in [5.74, 6) is 1.58. The molecule has 1 fully saturated rings. The summed E-state index contributed by atoms with van der Waals surface area (Å²) in [4.78, 5) is 2.51. The largest absolute Gasteiger partial charge is 0.496 e. The van der Waals surface area contributed by atoms with Crippen molar-refractivity contribution in [1.82, 2.24) is 14.7 Å². The second-order valence-electron chi connectivity index (χ2n) is 6.10. The van der Waals surface area contributed by atoms with Crippen molar-refractivity contribution in [1.29, 1.82) is 0 Å². The van der Waals surface area contributed by atoms with Crippen molar-refractivity contribution >= 4 is 6.08 Å². The van der Waals surface area contributed by atoms with E-state index in [1.54, 1.807) is 7.11 Å². The van der Waals surface area contributed by atoms with Crippen LogP contribution in [0.15, 0.2) is 42.6 Å². The molecule has 122 valence electrons. The van der Waals surface area contributed by atoms with Gasteiger partial charge in [-0.25, -0.2) is 0 Å². The molecule has 0 spiro atoms. The van der Waals surface area contributed by atoms with Gasteiger partial charge in [0.1, 0.15) is 5.75 Å². The van der Waals surface area contributed by atoms with Crippen LogP contribution in [0.5, 0.6) is 5.75 Å². The summed E-state index contributed by atoms with van der Waals surface area (Å²) in [6, 6.07) is 10.3. The quantitative estimate of drug-likeness (QED) is 0.848. The topological polar surface area (TPSA) is 30.3 Å². The van der Waals surface area contributed by atoms with Gasteiger partial charge in [-0.1, -0.05) is 30.4 Å². The van der Waals surface area contributed by atoms with E-state index in [9.17, 15) is 0 Å². The Kier molecular flexibility index (Phi) is 5.13. The number of ether oxygens (including phenoxy) is 1. The standard InChI is InChI=1S/C19H25N3O/c1-21-18(9-12-20-21)16-10-14-22(15-11-16)13-5-7-17-6-3-4-8-19(17)23-2/h3-9,12,16H,10-11,13-15H2,1-2H3/b7-5+. The molecule has 0 N–H and O–H groups in total. The summed E-state index contributed by atoms with van der Waals surface area (Å²) in [7, 11) is 3.76. The molecule has 4 nitrogen and oxygen atoms in total. The van der Waals surface area contributed by atoms with E-state index < -0.39 is 0 Å². The number of aromatic nitrogens is 2. The highest BCUT2D eigenvalue weighted by Crippen LogP contribution is 2.27. The average Bonchev–Trinajstić information content (AvgIpc) is 3.02. The molecular weight excluding hydrogens is 286 g/mol. The van der Waals surface area contributed by atoms with Gasteiger partial charge in [0.15, 0.2) is 0 Å². The molecule has 0 bridgehead atoms. The maximum absolute atomic E-state index is 5.38. The van der Waals surface area contributed by atoms with Crippen LogP contribution >= 0.6 is 0 Å². The number of hydrogen-bond donors (Lipinski definition) is 0. The van der Waals surface area contributed by atoms with Crippen LogP contribution in [0.2, 0.25) is 0 Å². The highest BCUT2D eigenvalue weighted by molar-refractivity contribution is 5.57. The maximum atomic E-state index is 5.38. The number of rotatable bonds is 5. The molecule has 1 aliphatic rings. The van der Waals surface area contributed by atoms with Gasteiger partial charge in [0.25, 0.3) is 0 Å². The molecule has 2 aromatic rings. The summed E-state index contributed by atoms with van der Waals surface area (Å²) in [6.07, 6.45) is 8.72. The Bertz CT molecular complexity index is 654. The fourth-order valence-corrected chi connectivity index (χ4v) is 3.33. The van der Waals surface area contributed by atoms with Crippen LogP contribution in [0, 0.1) is 0 Å². The lowest BCUT2D eigenvalue weighted by atomic mass is 9.93. The smallest absolute Gasteiger partial charge is 0.126 e. The third-order valence-corrected chi connectivity index (χ3v) is 4.66. The molecule has 1 aromatic heterocycles. The van der Waals surface area contributed by atoms with E-state index in [0.29, 0.717) is 5.92 Å². The second kappa shape index (κ2) is 7.47. The average molecular weight is 311 g/mol. The van der Waals surface area contributed by atoms with Crippen LogP contribution in [0.4, 0.5) is 0 Å². The molecule has 1 aromatic carbocycles. The molecule has 0 atom stereocenters. The predicted molar refractivity (Wildman–Crippen MR) is 93.7 cm³/mol. The van der Waals surface area contributed by atoms with E-state index in [-0.39, 0.29) is 0 Å². The Morgan fingerprint density at radius 1 is 1.22 bits per heavy atom. The summed E-state index contributed by atoms with van der Waals surface area (Å²) in [5, 5.41) is 4.29. The zero-order valence-electron chi connectivity index (χ0n) is 14.0. The van der Waals surface area contributed by atoms with Crippen LogP contribution < -0.4 is 4.74 Å². The van der Waals surface area contributed by atoms with Gasteiger partial charge in [-0.3, -0.25) is 9.58 Å². The van der Waals surface area contributed by atoms with Gasteiger partial charge in [0, 0.05) is 37.0 Å². The van der Waals surface area contributed by atoms with Crippen LogP contribution in [0.25, 0.3) is 6.08 Å². The van der Waals surface area contributed by atoms with E-state index in [2.05, 4.69) is 34.3 Å². The first-order chi connectivity index (χ1) is 11.3. The minimum atomic E-state index is 0.650. The first kappa shape index (κ1) is 15.8. The van der Waals surface area contributed by atoms with Gasteiger partial charge >= 0.3 is 0 Å². The van der Waals surface area contributed by atoms with Crippen LogP contribution in [0.3, 0.4) is 0 Å². The minimum absolute atomic E-state index is 0.650. The zero-order valence-corrected chi connectivity index (χ0v) is 14.0. The van der Waals surface area contributed by atoms with Crippen molar-refractivity contribution in [2.45, 2.75) is 18.8 Å². The van der Waals surface area contributed by atoms with Gasteiger partial charge in [-0.15, -0.1) is 0 Å². The van der Waals surface area contributed by atoms with E-state index in [0.717, 1.165) is 30.9 Å². The Hall–Kier alpha value is -2.07. The third-order valence-electron chi connectivity index (χ3n) is 4.66. The monoisotopic (exact) mass is 311 g/mol. The summed E-state index contributed by atoms with van der Waals surface area (Å²) >= 11 is 0. The predicted octanol–water partition coefficient (Wildman–Crippen LogP) is 3.32. The molecule has 0 unspecified atom stereocenters. The number of para-hydroxylation sites is 1. The first-order valence-electron chi connectivity index (χ1n) is 8.27. The van der Waals surface area contributed by atoms with E-state index in [4.69, 9.17) is 4.74 Å². The van der Waals surface area contributed by atoms with Crippen molar-refractivity contribution in [3.8, 4) is 5.75 Å². The summed E-state index contributed by atoms with van der Waals surface area (Å²) < 4.78 is 7.40. The highest BCUT2D eigenvalue weighted by atomic mass is 16.5. The number of likely N-dealkylation sites (tertiary alicyclic amines) is 1. The number of methoxy groups -OCH3 is 1. The third kappa shape index (κ3) is 3.82. The number of benzene rings is 1. The molecule has 1 saturated heterocycles. The lowest BCUT2D eigenvalue weighted by Crippen LogP contribution is -2.33. The number of hydrogen-bond acceptors (Lipinski definition) is 3. The van der Waals surface area contributed by atoms with Crippen molar-refractivity contribution in [2.24, 2.45) is 7.05 Å². The molecule has 1 aliphatic heterocycles. The van der Waals surface area contributed by atoms with Gasteiger partial charge in [0.05, 0.1) is 7.11 Å². The molecule has 2 heterocycles. The molecule has 0 saturated carbocycles. The zero-order chi connectivity index (χ0) is 16.1. The lowest BCUT2D eigenvalue weighted by molar-refractivity contribution is 0.229. The Labute approximate surface area is 138 Å². The molecule has 0 aliphatic carbocycles. The molecule has 3 rings (SSSR count). The van der Waals surface area contributed by atoms with Gasteiger partial charge in [0.2, 0.25) is 0 Å². The molecule has 23 heavy (non-hydrogen) atoms. The summed E-state index contributed by atoms with van der Waals surface area (Å²) in [6.45, 7) is 3.29. The lowest BCUT2D eigenvalue weighted by Gasteiger charge is -2.31.